The minimum Gasteiger partial charge on any atom is -0.339 e. The van der Waals surface area contributed by atoms with E-state index in [9.17, 15) is 0 Å². The Morgan fingerprint density at radius 2 is 1.84 bits per heavy atom. The Bertz CT molecular complexity index is 1070. The predicted octanol–water partition coefficient (Wildman–Crippen LogP) is 6.37. The summed E-state index contributed by atoms with van der Waals surface area (Å²) in [5.41, 5.74) is 4.35. The maximum atomic E-state index is 6.29. The number of hydrogen-bond donors (Lipinski definition) is 1. The van der Waals surface area contributed by atoms with Crippen LogP contribution in [0, 0.1) is 13.8 Å². The van der Waals surface area contributed by atoms with Gasteiger partial charge in [0.15, 0.2) is 5.82 Å². The summed E-state index contributed by atoms with van der Waals surface area (Å²) in [7, 11) is 0. The number of halogens is 1. The topological polar surface area (TPSA) is 37.8 Å². The Kier molecular flexibility index (Phi) is 4.15. The summed E-state index contributed by atoms with van der Waals surface area (Å²) >= 11 is 7.84. The molecule has 5 heteroatoms. The first-order valence-corrected chi connectivity index (χ1v) is 9.22. The van der Waals surface area contributed by atoms with E-state index in [0.717, 1.165) is 27.3 Å². The number of anilines is 2. The van der Waals surface area contributed by atoms with Crippen LogP contribution in [-0.2, 0) is 0 Å². The van der Waals surface area contributed by atoms with Crippen LogP contribution in [0.3, 0.4) is 0 Å². The van der Waals surface area contributed by atoms with Crippen molar-refractivity contribution >= 4 is 45.3 Å². The fraction of sp³-hybridized carbons (Fsp3) is 0.100. The largest absolute Gasteiger partial charge is 0.339 e. The number of aromatic nitrogens is 2. The standard InChI is InChI=1S/C20H16ClN3S/c1-12-7-8-16(13(2)11-12)22-19-14-5-3-4-6-17(14)23-20(24-19)18-15(21)9-10-25-18/h3-11H,1-2H3,(H,22,23,24). The molecule has 0 aliphatic carbocycles. The quantitative estimate of drug-likeness (QED) is 0.458. The van der Waals surface area contributed by atoms with Crippen LogP contribution in [0.4, 0.5) is 11.5 Å². The Balaban J connectivity index is 1.88. The van der Waals surface area contributed by atoms with Crippen molar-refractivity contribution in [1.82, 2.24) is 9.97 Å². The van der Waals surface area contributed by atoms with Crippen LogP contribution >= 0.6 is 22.9 Å². The third kappa shape index (κ3) is 3.11. The van der Waals surface area contributed by atoms with Gasteiger partial charge in [0.1, 0.15) is 5.82 Å². The second kappa shape index (κ2) is 6.47. The number of fused-ring (bicyclic) bond motifs is 1. The average molecular weight is 366 g/mol. The molecule has 25 heavy (non-hydrogen) atoms. The number of para-hydroxylation sites is 1. The molecule has 0 unspecified atom stereocenters. The van der Waals surface area contributed by atoms with Crippen molar-refractivity contribution in [3.8, 4) is 10.7 Å². The van der Waals surface area contributed by atoms with Gasteiger partial charge in [-0.15, -0.1) is 11.3 Å². The van der Waals surface area contributed by atoms with Crippen molar-refractivity contribution in [2.45, 2.75) is 13.8 Å². The number of hydrogen-bond acceptors (Lipinski definition) is 4. The van der Waals surface area contributed by atoms with E-state index < -0.39 is 0 Å². The first-order valence-electron chi connectivity index (χ1n) is 7.96. The molecule has 0 aliphatic rings. The minimum atomic E-state index is 0.644. The number of aryl methyl sites for hydroxylation is 2. The molecule has 0 bridgehead atoms. The van der Waals surface area contributed by atoms with E-state index in [0.29, 0.717) is 10.8 Å². The summed E-state index contributed by atoms with van der Waals surface area (Å²) in [6.07, 6.45) is 0. The van der Waals surface area contributed by atoms with Crippen LogP contribution < -0.4 is 5.32 Å². The summed E-state index contributed by atoms with van der Waals surface area (Å²) < 4.78 is 0. The molecular formula is C20H16ClN3S. The van der Waals surface area contributed by atoms with Crippen LogP contribution in [0.25, 0.3) is 21.6 Å². The second-order valence-corrected chi connectivity index (χ2v) is 7.28. The van der Waals surface area contributed by atoms with Crippen LogP contribution in [0.5, 0.6) is 0 Å². The number of benzene rings is 2. The molecule has 2 heterocycles. The zero-order valence-corrected chi connectivity index (χ0v) is 15.4. The van der Waals surface area contributed by atoms with Crippen LogP contribution in [0.2, 0.25) is 5.02 Å². The van der Waals surface area contributed by atoms with Crippen molar-refractivity contribution in [3.05, 3.63) is 70.1 Å². The zero-order chi connectivity index (χ0) is 17.4. The Morgan fingerprint density at radius 3 is 2.60 bits per heavy atom. The third-order valence-corrected chi connectivity index (χ3v) is 5.40. The summed E-state index contributed by atoms with van der Waals surface area (Å²) in [6.45, 7) is 4.18. The molecular weight excluding hydrogens is 350 g/mol. The molecule has 0 atom stereocenters. The van der Waals surface area contributed by atoms with E-state index >= 15 is 0 Å². The summed E-state index contributed by atoms with van der Waals surface area (Å²) in [6, 6.07) is 16.2. The minimum absolute atomic E-state index is 0.644. The van der Waals surface area contributed by atoms with E-state index in [4.69, 9.17) is 21.6 Å². The zero-order valence-electron chi connectivity index (χ0n) is 13.9. The van der Waals surface area contributed by atoms with E-state index in [1.165, 1.54) is 11.1 Å². The molecule has 4 aromatic rings. The van der Waals surface area contributed by atoms with Crippen LogP contribution in [-0.4, -0.2) is 9.97 Å². The smallest absolute Gasteiger partial charge is 0.173 e. The van der Waals surface area contributed by atoms with Gasteiger partial charge >= 0.3 is 0 Å². The highest BCUT2D eigenvalue weighted by Gasteiger charge is 2.13. The monoisotopic (exact) mass is 365 g/mol. The molecule has 0 saturated heterocycles. The molecule has 0 amide bonds. The van der Waals surface area contributed by atoms with Gasteiger partial charge in [-0.2, -0.15) is 0 Å². The summed E-state index contributed by atoms with van der Waals surface area (Å²) in [4.78, 5) is 10.3. The van der Waals surface area contributed by atoms with Crippen LogP contribution in [0.1, 0.15) is 11.1 Å². The number of thiophene rings is 1. The van der Waals surface area contributed by atoms with Crippen molar-refractivity contribution < 1.29 is 0 Å². The van der Waals surface area contributed by atoms with Gasteiger partial charge in [-0.25, -0.2) is 9.97 Å². The highest BCUT2D eigenvalue weighted by atomic mass is 35.5. The predicted molar refractivity (Wildman–Crippen MR) is 107 cm³/mol. The SMILES string of the molecule is Cc1ccc(Nc2nc(-c3sccc3Cl)nc3ccccc23)c(C)c1. The van der Waals surface area contributed by atoms with E-state index in [2.05, 4.69) is 37.4 Å². The Hall–Kier alpha value is -2.43. The molecule has 0 radical (unpaired) electrons. The first kappa shape index (κ1) is 16.1. The lowest BCUT2D eigenvalue weighted by molar-refractivity contribution is 1.23. The van der Waals surface area contributed by atoms with E-state index in [1.807, 2.05) is 35.7 Å². The molecule has 4 rings (SSSR count). The van der Waals surface area contributed by atoms with E-state index in [-0.39, 0.29) is 0 Å². The first-order chi connectivity index (χ1) is 12.1. The third-order valence-electron chi connectivity index (χ3n) is 4.06. The van der Waals surface area contributed by atoms with Gasteiger partial charge in [0.25, 0.3) is 0 Å². The average Bonchev–Trinajstić information content (AvgIpc) is 3.03. The maximum Gasteiger partial charge on any atom is 0.173 e. The number of nitrogens with zero attached hydrogens (tertiary/aromatic N) is 2. The molecule has 0 spiro atoms. The van der Waals surface area contributed by atoms with Gasteiger partial charge in [-0.1, -0.05) is 41.4 Å². The van der Waals surface area contributed by atoms with Gasteiger partial charge in [0.05, 0.1) is 15.4 Å². The lowest BCUT2D eigenvalue weighted by Crippen LogP contribution is -2.00. The van der Waals surface area contributed by atoms with E-state index in [1.54, 1.807) is 11.3 Å². The lowest BCUT2D eigenvalue weighted by atomic mass is 10.1. The van der Waals surface area contributed by atoms with Crippen molar-refractivity contribution in [1.29, 1.82) is 0 Å². The summed E-state index contributed by atoms with van der Waals surface area (Å²) in [5, 5.41) is 7.09. The van der Waals surface area contributed by atoms with Gasteiger partial charge in [0.2, 0.25) is 0 Å². The van der Waals surface area contributed by atoms with Gasteiger partial charge < -0.3 is 5.32 Å². The van der Waals surface area contributed by atoms with Gasteiger partial charge in [-0.3, -0.25) is 0 Å². The van der Waals surface area contributed by atoms with Crippen molar-refractivity contribution in [2.24, 2.45) is 0 Å². The normalized spacial score (nSPS) is 11.0. The van der Waals surface area contributed by atoms with Gasteiger partial charge in [-0.05, 0) is 49.1 Å². The number of nitrogens with one attached hydrogen (secondary N) is 1. The lowest BCUT2D eigenvalue weighted by Gasteiger charge is -2.13. The highest BCUT2D eigenvalue weighted by Crippen LogP contribution is 2.34. The van der Waals surface area contributed by atoms with Crippen LogP contribution in [0.15, 0.2) is 53.9 Å². The summed E-state index contributed by atoms with van der Waals surface area (Å²) in [5.74, 6) is 1.43. The molecule has 3 nitrogen and oxygen atoms in total. The molecule has 0 aliphatic heterocycles. The molecule has 1 N–H and O–H groups in total. The van der Waals surface area contributed by atoms with Gasteiger partial charge in [0, 0.05) is 11.1 Å². The molecule has 2 aromatic heterocycles. The highest BCUT2D eigenvalue weighted by molar-refractivity contribution is 7.14. The fourth-order valence-electron chi connectivity index (χ4n) is 2.81. The molecule has 0 fully saturated rings. The maximum absolute atomic E-state index is 6.29. The Labute approximate surface area is 155 Å². The molecule has 124 valence electrons. The number of rotatable bonds is 3. The molecule has 2 aromatic carbocycles. The van der Waals surface area contributed by atoms with Crippen molar-refractivity contribution in [2.75, 3.05) is 5.32 Å². The van der Waals surface area contributed by atoms with Crippen molar-refractivity contribution in [3.63, 3.8) is 0 Å². The Morgan fingerprint density at radius 1 is 1.00 bits per heavy atom. The molecule has 0 saturated carbocycles. The fourth-order valence-corrected chi connectivity index (χ4v) is 3.88. The second-order valence-electron chi connectivity index (χ2n) is 5.95.